The number of amides is 3. The highest BCUT2D eigenvalue weighted by Gasteiger charge is 2.11. The number of hydrogen-bond acceptors (Lipinski definition) is 4. The van der Waals surface area contributed by atoms with E-state index in [4.69, 9.17) is 11.6 Å². The molecule has 0 radical (unpaired) electrons. The van der Waals surface area contributed by atoms with E-state index in [2.05, 4.69) is 15.4 Å². The van der Waals surface area contributed by atoms with Crippen molar-refractivity contribution in [1.82, 2.24) is 4.90 Å². The van der Waals surface area contributed by atoms with E-state index in [9.17, 15) is 9.59 Å². The summed E-state index contributed by atoms with van der Waals surface area (Å²) in [5, 5.41) is 5.30. The first-order valence-corrected chi connectivity index (χ1v) is 7.88. The van der Waals surface area contributed by atoms with E-state index in [1.54, 1.807) is 42.3 Å². The third kappa shape index (κ3) is 5.15. The summed E-state index contributed by atoms with van der Waals surface area (Å²) in [4.78, 5) is 25.9. The number of ether oxygens (including phenoxy) is 1. The van der Waals surface area contributed by atoms with E-state index in [-0.39, 0.29) is 6.03 Å². The van der Waals surface area contributed by atoms with E-state index in [1.807, 2.05) is 6.07 Å². The summed E-state index contributed by atoms with van der Waals surface area (Å²) in [7, 11) is 2.98. The number of nitrogens with one attached hydrogen (secondary N) is 2. The minimum absolute atomic E-state index is 0.259. The second-order valence-electron chi connectivity index (χ2n) is 4.69. The molecule has 0 saturated carbocycles. The Kier molecular flexibility index (Phi) is 5.84. The smallest absolute Gasteiger partial charge is 0.411 e. The van der Waals surface area contributed by atoms with Crippen molar-refractivity contribution in [3.8, 4) is 0 Å². The van der Waals surface area contributed by atoms with Gasteiger partial charge in [0.1, 0.15) is 0 Å². The number of thiophene rings is 1. The van der Waals surface area contributed by atoms with E-state index in [0.717, 1.165) is 4.88 Å². The maximum absolute atomic E-state index is 12.2. The number of urea groups is 1. The molecule has 2 rings (SSSR count). The standard InChI is InChI=1S/C15H16ClN3O3S/c1-19(9-12-6-7-13(16)23-12)14(20)17-10-4-3-5-11(8-10)18-15(21)22-2/h3-8H,9H2,1-2H3,(H,17,20)(H,18,21). The Hall–Kier alpha value is -2.25. The molecule has 1 heterocycles. The zero-order valence-electron chi connectivity index (χ0n) is 12.6. The molecule has 1 aromatic heterocycles. The van der Waals surface area contributed by atoms with E-state index < -0.39 is 6.09 Å². The Morgan fingerprint density at radius 2 is 1.91 bits per heavy atom. The van der Waals surface area contributed by atoms with Crippen molar-refractivity contribution in [3.63, 3.8) is 0 Å². The first-order valence-electron chi connectivity index (χ1n) is 6.69. The number of methoxy groups -OCH3 is 1. The molecule has 8 heteroatoms. The average molecular weight is 354 g/mol. The van der Waals surface area contributed by atoms with Crippen molar-refractivity contribution in [3.05, 3.63) is 45.6 Å². The van der Waals surface area contributed by atoms with Gasteiger partial charge in [0, 0.05) is 23.3 Å². The summed E-state index contributed by atoms with van der Waals surface area (Å²) >= 11 is 7.31. The highest BCUT2D eigenvalue weighted by molar-refractivity contribution is 7.16. The number of halogens is 1. The minimum atomic E-state index is -0.569. The molecular weight excluding hydrogens is 338 g/mol. The molecule has 3 amide bonds. The van der Waals surface area contributed by atoms with Gasteiger partial charge in [-0.2, -0.15) is 0 Å². The lowest BCUT2D eigenvalue weighted by Crippen LogP contribution is -2.30. The van der Waals surface area contributed by atoms with Crippen molar-refractivity contribution in [2.45, 2.75) is 6.54 Å². The monoisotopic (exact) mass is 353 g/mol. The molecule has 0 aliphatic heterocycles. The van der Waals surface area contributed by atoms with Crippen LogP contribution in [0.3, 0.4) is 0 Å². The van der Waals surface area contributed by atoms with Crippen LogP contribution in [0.2, 0.25) is 4.34 Å². The predicted molar refractivity (Wildman–Crippen MR) is 92.3 cm³/mol. The zero-order chi connectivity index (χ0) is 16.8. The molecule has 23 heavy (non-hydrogen) atoms. The van der Waals surface area contributed by atoms with Crippen LogP contribution in [0, 0.1) is 0 Å². The van der Waals surface area contributed by atoms with Crippen LogP contribution in [0.25, 0.3) is 0 Å². The second-order valence-corrected chi connectivity index (χ2v) is 6.49. The fraction of sp³-hybridized carbons (Fsp3) is 0.200. The van der Waals surface area contributed by atoms with Gasteiger partial charge in [0.15, 0.2) is 0 Å². The van der Waals surface area contributed by atoms with Crippen LogP contribution < -0.4 is 10.6 Å². The summed E-state index contributed by atoms with van der Waals surface area (Å²) in [6.07, 6.45) is -0.569. The fourth-order valence-electron chi connectivity index (χ4n) is 1.80. The first kappa shape index (κ1) is 17.1. The molecule has 0 aliphatic carbocycles. The van der Waals surface area contributed by atoms with Gasteiger partial charge in [-0.1, -0.05) is 17.7 Å². The van der Waals surface area contributed by atoms with Gasteiger partial charge in [0.05, 0.1) is 18.0 Å². The Bertz CT molecular complexity index is 705. The van der Waals surface area contributed by atoms with Crippen LogP contribution in [-0.4, -0.2) is 31.2 Å². The van der Waals surface area contributed by atoms with E-state index in [0.29, 0.717) is 22.3 Å². The molecule has 0 bridgehead atoms. The lowest BCUT2D eigenvalue weighted by atomic mass is 10.3. The molecule has 0 aliphatic rings. The van der Waals surface area contributed by atoms with Crippen molar-refractivity contribution < 1.29 is 14.3 Å². The fourth-order valence-corrected chi connectivity index (χ4v) is 2.95. The normalized spacial score (nSPS) is 10.0. The average Bonchev–Trinajstić information content (AvgIpc) is 2.92. The highest BCUT2D eigenvalue weighted by atomic mass is 35.5. The van der Waals surface area contributed by atoms with Gasteiger partial charge < -0.3 is 15.0 Å². The number of benzene rings is 1. The van der Waals surface area contributed by atoms with Crippen LogP contribution >= 0.6 is 22.9 Å². The number of carbonyl (C=O) groups is 2. The second kappa shape index (κ2) is 7.85. The molecule has 0 spiro atoms. The summed E-state index contributed by atoms with van der Waals surface area (Å²) in [5.74, 6) is 0. The quantitative estimate of drug-likeness (QED) is 0.863. The molecule has 0 atom stereocenters. The van der Waals surface area contributed by atoms with Crippen LogP contribution in [0.4, 0.5) is 21.0 Å². The molecule has 0 fully saturated rings. The number of nitrogens with zero attached hydrogens (tertiary/aromatic N) is 1. The van der Waals surface area contributed by atoms with Crippen LogP contribution in [0.1, 0.15) is 4.88 Å². The maximum atomic E-state index is 12.2. The summed E-state index contributed by atoms with van der Waals surface area (Å²) in [6, 6.07) is 10.2. The van der Waals surface area contributed by atoms with Crippen molar-refractivity contribution in [2.24, 2.45) is 0 Å². The number of carbonyl (C=O) groups excluding carboxylic acids is 2. The summed E-state index contributed by atoms with van der Waals surface area (Å²) in [5.41, 5.74) is 1.10. The molecule has 2 aromatic rings. The van der Waals surface area contributed by atoms with Crippen LogP contribution in [0.15, 0.2) is 36.4 Å². The molecule has 0 saturated heterocycles. The van der Waals surface area contributed by atoms with Crippen LogP contribution in [-0.2, 0) is 11.3 Å². The van der Waals surface area contributed by atoms with Gasteiger partial charge in [-0.3, -0.25) is 5.32 Å². The van der Waals surface area contributed by atoms with Crippen molar-refractivity contribution in [2.75, 3.05) is 24.8 Å². The number of rotatable bonds is 4. The molecule has 6 nitrogen and oxygen atoms in total. The summed E-state index contributed by atoms with van der Waals surface area (Å²) < 4.78 is 5.22. The molecular formula is C15H16ClN3O3S. The zero-order valence-corrected chi connectivity index (χ0v) is 14.2. The van der Waals surface area contributed by atoms with Gasteiger partial charge in [-0.25, -0.2) is 9.59 Å². The minimum Gasteiger partial charge on any atom is -0.453 e. The van der Waals surface area contributed by atoms with Crippen LogP contribution in [0.5, 0.6) is 0 Å². The van der Waals surface area contributed by atoms with Gasteiger partial charge in [0.25, 0.3) is 0 Å². The maximum Gasteiger partial charge on any atom is 0.411 e. The molecule has 1 aromatic carbocycles. The predicted octanol–water partition coefficient (Wildman–Crippen LogP) is 4.24. The van der Waals surface area contributed by atoms with Gasteiger partial charge in [-0.05, 0) is 30.3 Å². The van der Waals surface area contributed by atoms with Gasteiger partial charge in [-0.15, -0.1) is 11.3 Å². The largest absolute Gasteiger partial charge is 0.453 e. The Morgan fingerprint density at radius 1 is 1.22 bits per heavy atom. The van der Waals surface area contributed by atoms with Crippen molar-refractivity contribution >= 4 is 46.4 Å². The lowest BCUT2D eigenvalue weighted by molar-refractivity contribution is 0.187. The van der Waals surface area contributed by atoms with Gasteiger partial charge in [0.2, 0.25) is 0 Å². The van der Waals surface area contributed by atoms with Gasteiger partial charge >= 0.3 is 12.1 Å². The first-order chi connectivity index (χ1) is 11.0. The third-order valence-electron chi connectivity index (χ3n) is 2.91. The molecule has 122 valence electrons. The molecule has 0 unspecified atom stereocenters. The number of hydrogen-bond donors (Lipinski definition) is 2. The SMILES string of the molecule is COC(=O)Nc1cccc(NC(=O)N(C)Cc2ccc(Cl)s2)c1. The highest BCUT2D eigenvalue weighted by Crippen LogP contribution is 2.22. The van der Waals surface area contributed by atoms with Crippen molar-refractivity contribution in [1.29, 1.82) is 0 Å². The molecule has 2 N–H and O–H groups in total. The lowest BCUT2D eigenvalue weighted by Gasteiger charge is -2.17. The number of anilines is 2. The Balaban J connectivity index is 1.96. The topological polar surface area (TPSA) is 70.7 Å². The van der Waals surface area contributed by atoms with E-state index >= 15 is 0 Å². The Labute approximate surface area is 143 Å². The third-order valence-corrected chi connectivity index (χ3v) is 4.13. The Morgan fingerprint density at radius 3 is 2.52 bits per heavy atom. The summed E-state index contributed by atoms with van der Waals surface area (Å²) in [6.45, 7) is 0.462. The van der Waals surface area contributed by atoms with E-state index in [1.165, 1.54) is 18.4 Å².